The van der Waals surface area contributed by atoms with Gasteiger partial charge in [-0.2, -0.15) is 0 Å². The predicted molar refractivity (Wildman–Crippen MR) is 99.4 cm³/mol. The summed E-state index contributed by atoms with van der Waals surface area (Å²) in [5.74, 6) is 0.705. The topological polar surface area (TPSA) is 54.1 Å². The molecule has 1 aromatic heterocycles. The zero-order chi connectivity index (χ0) is 17.4. The Hall–Kier alpha value is -2.46. The summed E-state index contributed by atoms with van der Waals surface area (Å²) in [6.45, 7) is 0. The van der Waals surface area contributed by atoms with Crippen molar-refractivity contribution in [3.8, 4) is 5.75 Å². The lowest BCUT2D eigenvalue weighted by Gasteiger charge is -2.24. The second kappa shape index (κ2) is 6.45. The largest absolute Gasteiger partial charge is 0.497 e. The number of H-pyrrole nitrogens is 1. The molecule has 4 nitrogen and oxygen atoms in total. The van der Waals surface area contributed by atoms with Gasteiger partial charge >= 0.3 is 0 Å². The molecule has 1 amide bonds. The minimum Gasteiger partial charge on any atom is -0.497 e. The molecule has 25 heavy (non-hydrogen) atoms. The van der Waals surface area contributed by atoms with Crippen LogP contribution in [0.4, 0.5) is 0 Å². The summed E-state index contributed by atoms with van der Waals surface area (Å²) >= 11 is 6.15. The van der Waals surface area contributed by atoms with Gasteiger partial charge in [-0.3, -0.25) is 4.79 Å². The third-order valence-electron chi connectivity index (χ3n) is 4.84. The number of aromatic nitrogens is 1. The maximum Gasteiger partial charge on any atom is 0.253 e. The van der Waals surface area contributed by atoms with Gasteiger partial charge in [0.05, 0.1) is 23.7 Å². The van der Waals surface area contributed by atoms with Crippen molar-refractivity contribution in [3.05, 3.63) is 64.3 Å². The molecular formula is C20H19ClN2O2. The molecule has 1 atom stereocenters. The molecule has 1 aliphatic carbocycles. The van der Waals surface area contributed by atoms with Gasteiger partial charge < -0.3 is 15.0 Å². The molecule has 0 fully saturated rings. The quantitative estimate of drug-likeness (QED) is 0.720. The van der Waals surface area contributed by atoms with E-state index < -0.39 is 0 Å². The Kier molecular flexibility index (Phi) is 4.14. The second-order valence-corrected chi connectivity index (χ2v) is 6.73. The van der Waals surface area contributed by atoms with Gasteiger partial charge in [0.2, 0.25) is 0 Å². The Bertz CT molecular complexity index is 948. The Balaban J connectivity index is 1.68. The van der Waals surface area contributed by atoms with E-state index in [0.29, 0.717) is 10.6 Å². The summed E-state index contributed by atoms with van der Waals surface area (Å²) in [7, 11) is 1.67. The smallest absolute Gasteiger partial charge is 0.253 e. The fourth-order valence-electron chi connectivity index (χ4n) is 3.59. The average molecular weight is 355 g/mol. The van der Waals surface area contributed by atoms with Crippen LogP contribution in [0.2, 0.25) is 5.02 Å². The van der Waals surface area contributed by atoms with Gasteiger partial charge in [-0.1, -0.05) is 23.7 Å². The molecule has 4 rings (SSSR count). The van der Waals surface area contributed by atoms with Gasteiger partial charge in [-0.15, -0.1) is 0 Å². The van der Waals surface area contributed by atoms with Crippen LogP contribution in [-0.4, -0.2) is 18.0 Å². The number of benzene rings is 2. The van der Waals surface area contributed by atoms with Gasteiger partial charge in [0.1, 0.15) is 5.75 Å². The number of carbonyl (C=O) groups is 1. The molecule has 0 bridgehead atoms. The summed E-state index contributed by atoms with van der Waals surface area (Å²) < 4.78 is 5.35. The maximum atomic E-state index is 12.6. The van der Waals surface area contributed by atoms with Crippen molar-refractivity contribution < 1.29 is 9.53 Å². The van der Waals surface area contributed by atoms with E-state index in [1.165, 1.54) is 10.9 Å². The number of fused-ring (bicyclic) bond motifs is 3. The van der Waals surface area contributed by atoms with Gasteiger partial charge in [0.15, 0.2) is 0 Å². The number of hydrogen-bond donors (Lipinski definition) is 2. The number of aryl methyl sites for hydroxylation is 1. The van der Waals surface area contributed by atoms with E-state index in [2.05, 4.69) is 16.4 Å². The van der Waals surface area contributed by atoms with E-state index in [1.54, 1.807) is 19.2 Å². The van der Waals surface area contributed by atoms with E-state index in [0.717, 1.165) is 36.2 Å². The summed E-state index contributed by atoms with van der Waals surface area (Å²) in [5.41, 5.74) is 3.94. The van der Waals surface area contributed by atoms with Crippen LogP contribution in [-0.2, 0) is 6.42 Å². The Morgan fingerprint density at radius 3 is 2.92 bits per heavy atom. The summed E-state index contributed by atoms with van der Waals surface area (Å²) in [6, 6.07) is 13.1. The molecule has 1 unspecified atom stereocenters. The van der Waals surface area contributed by atoms with Crippen molar-refractivity contribution in [2.24, 2.45) is 0 Å². The standard InChI is InChI=1S/C20H19ClN2O2/c1-25-12-9-10-17-15(11-12)13-6-4-8-18(19(13)22-17)23-20(24)14-5-2-3-7-16(14)21/h2-3,5,7,9-11,18,22H,4,6,8H2,1H3,(H,23,24). The van der Waals surface area contributed by atoms with Gasteiger partial charge in [-0.05, 0) is 55.2 Å². The fourth-order valence-corrected chi connectivity index (χ4v) is 3.82. The number of rotatable bonds is 3. The predicted octanol–water partition coefficient (Wildman–Crippen LogP) is 4.64. The maximum absolute atomic E-state index is 12.6. The van der Waals surface area contributed by atoms with E-state index in [1.807, 2.05) is 24.3 Å². The molecule has 0 saturated heterocycles. The fraction of sp³-hybridized carbons (Fsp3) is 0.250. The molecule has 0 radical (unpaired) electrons. The van der Waals surface area contributed by atoms with Crippen LogP contribution in [0.25, 0.3) is 10.9 Å². The third kappa shape index (κ3) is 2.87. The van der Waals surface area contributed by atoms with Crippen molar-refractivity contribution in [2.45, 2.75) is 25.3 Å². The van der Waals surface area contributed by atoms with Crippen molar-refractivity contribution in [3.63, 3.8) is 0 Å². The summed E-state index contributed by atoms with van der Waals surface area (Å²) in [4.78, 5) is 16.1. The first-order chi connectivity index (χ1) is 12.2. The van der Waals surface area contributed by atoms with Crippen LogP contribution in [0.5, 0.6) is 5.75 Å². The highest BCUT2D eigenvalue weighted by atomic mass is 35.5. The molecule has 128 valence electrons. The number of aromatic amines is 1. The Labute approximate surface area is 151 Å². The zero-order valence-corrected chi connectivity index (χ0v) is 14.7. The molecule has 2 N–H and O–H groups in total. The van der Waals surface area contributed by atoms with Crippen LogP contribution in [0.1, 0.15) is 40.5 Å². The lowest BCUT2D eigenvalue weighted by molar-refractivity contribution is 0.0932. The first-order valence-corrected chi connectivity index (χ1v) is 8.79. The summed E-state index contributed by atoms with van der Waals surface area (Å²) in [6.07, 6.45) is 2.94. The van der Waals surface area contributed by atoms with E-state index >= 15 is 0 Å². The van der Waals surface area contributed by atoms with E-state index in [-0.39, 0.29) is 11.9 Å². The number of methoxy groups -OCH3 is 1. The Morgan fingerprint density at radius 1 is 1.28 bits per heavy atom. The molecule has 2 aromatic carbocycles. The van der Waals surface area contributed by atoms with Crippen molar-refractivity contribution in [1.29, 1.82) is 0 Å². The average Bonchev–Trinajstić information content (AvgIpc) is 3.01. The highest BCUT2D eigenvalue weighted by molar-refractivity contribution is 6.33. The van der Waals surface area contributed by atoms with Gasteiger partial charge in [-0.25, -0.2) is 0 Å². The molecule has 3 aromatic rings. The number of nitrogens with one attached hydrogen (secondary N) is 2. The lowest BCUT2D eigenvalue weighted by Crippen LogP contribution is -2.31. The molecule has 1 aliphatic rings. The monoisotopic (exact) mass is 354 g/mol. The second-order valence-electron chi connectivity index (χ2n) is 6.33. The van der Waals surface area contributed by atoms with Crippen molar-refractivity contribution in [2.75, 3.05) is 7.11 Å². The first-order valence-electron chi connectivity index (χ1n) is 8.41. The van der Waals surface area contributed by atoms with E-state index in [4.69, 9.17) is 16.3 Å². The normalized spacial score (nSPS) is 16.5. The van der Waals surface area contributed by atoms with Gasteiger partial charge in [0.25, 0.3) is 5.91 Å². The molecule has 0 saturated carbocycles. The highest BCUT2D eigenvalue weighted by Crippen LogP contribution is 2.36. The third-order valence-corrected chi connectivity index (χ3v) is 5.17. The van der Waals surface area contributed by atoms with Crippen LogP contribution < -0.4 is 10.1 Å². The Morgan fingerprint density at radius 2 is 2.12 bits per heavy atom. The van der Waals surface area contributed by atoms with Crippen LogP contribution in [0, 0.1) is 0 Å². The van der Waals surface area contributed by atoms with Crippen molar-refractivity contribution in [1.82, 2.24) is 10.3 Å². The minimum absolute atomic E-state index is 0.0362. The zero-order valence-electron chi connectivity index (χ0n) is 13.9. The van der Waals surface area contributed by atoms with Crippen LogP contribution >= 0.6 is 11.6 Å². The molecule has 0 aliphatic heterocycles. The number of hydrogen-bond acceptors (Lipinski definition) is 2. The molecule has 0 spiro atoms. The number of ether oxygens (including phenoxy) is 1. The SMILES string of the molecule is COc1ccc2[nH]c3c(c2c1)CCCC3NC(=O)c1ccccc1Cl. The minimum atomic E-state index is -0.139. The molecular weight excluding hydrogens is 336 g/mol. The van der Waals surface area contributed by atoms with Crippen LogP contribution in [0.15, 0.2) is 42.5 Å². The van der Waals surface area contributed by atoms with Gasteiger partial charge in [0, 0.05) is 16.6 Å². The number of amides is 1. The first kappa shape index (κ1) is 16.0. The number of carbonyl (C=O) groups excluding carboxylic acids is 1. The summed E-state index contributed by atoms with van der Waals surface area (Å²) in [5, 5.41) is 4.78. The number of halogens is 1. The van der Waals surface area contributed by atoms with E-state index in [9.17, 15) is 4.79 Å². The van der Waals surface area contributed by atoms with Crippen LogP contribution in [0.3, 0.4) is 0 Å². The van der Waals surface area contributed by atoms with Crippen molar-refractivity contribution >= 4 is 28.4 Å². The molecule has 1 heterocycles. The lowest BCUT2D eigenvalue weighted by atomic mass is 9.91. The highest BCUT2D eigenvalue weighted by Gasteiger charge is 2.26. The molecule has 5 heteroatoms.